The van der Waals surface area contributed by atoms with E-state index in [0.717, 1.165) is 5.56 Å². The van der Waals surface area contributed by atoms with Crippen LogP contribution in [-0.2, 0) is 11.2 Å². The van der Waals surface area contributed by atoms with Gasteiger partial charge in [-0.3, -0.25) is 9.91 Å². The Hall–Kier alpha value is -2.36. The minimum atomic E-state index is -0.830. The number of fused-ring (bicyclic) bond motifs is 3. The fourth-order valence-electron chi connectivity index (χ4n) is 4.78. The molecule has 9 heteroatoms. The molecule has 1 aromatic rings. The normalized spacial score (nSPS) is 33.7. The topological polar surface area (TPSA) is 97.3 Å². The van der Waals surface area contributed by atoms with Gasteiger partial charge >= 0.3 is 6.09 Å². The van der Waals surface area contributed by atoms with Crippen LogP contribution in [0.2, 0.25) is 0 Å². The van der Waals surface area contributed by atoms with Crippen LogP contribution in [0, 0.1) is 5.82 Å². The van der Waals surface area contributed by atoms with E-state index in [2.05, 4.69) is 11.0 Å². The summed E-state index contributed by atoms with van der Waals surface area (Å²) in [7, 11) is 0. The molecule has 0 bridgehead atoms. The van der Waals surface area contributed by atoms with Crippen molar-refractivity contribution in [1.29, 1.82) is 0 Å². The minimum absolute atomic E-state index is 0.132. The SMILES string of the molecule is O=C1O[C@@H](CN2C=CNN2)[C@@H]2Cc3cc(C4CC[C@@H](O)C(O)C4)c(F)cc3N12. The highest BCUT2D eigenvalue weighted by Crippen LogP contribution is 2.43. The van der Waals surface area contributed by atoms with Crippen molar-refractivity contribution in [1.82, 2.24) is 16.0 Å². The van der Waals surface area contributed by atoms with Crippen LogP contribution in [0.3, 0.4) is 0 Å². The average Bonchev–Trinajstić information content (AvgIpc) is 3.36. The van der Waals surface area contributed by atoms with E-state index in [-0.39, 0.29) is 23.9 Å². The number of hydrazine groups is 2. The molecule has 1 saturated carbocycles. The average molecular weight is 390 g/mol. The van der Waals surface area contributed by atoms with Gasteiger partial charge in [-0.1, -0.05) is 6.07 Å². The van der Waals surface area contributed by atoms with Crippen molar-refractivity contribution < 1.29 is 24.1 Å². The highest BCUT2D eigenvalue weighted by Gasteiger charge is 2.48. The molecule has 3 heterocycles. The number of hydrogen-bond donors (Lipinski definition) is 4. The molecule has 1 amide bonds. The van der Waals surface area contributed by atoms with Crippen molar-refractivity contribution in [3.63, 3.8) is 0 Å². The van der Waals surface area contributed by atoms with Gasteiger partial charge in [-0.2, -0.15) is 0 Å². The summed E-state index contributed by atoms with van der Waals surface area (Å²) in [5.41, 5.74) is 7.82. The standard InChI is InChI=1S/C19H23FN4O4/c20-13-8-14-11(5-12(13)10-1-2-16(25)17(26)7-10)6-15-18(28-19(27)24(14)15)9-23-4-3-21-22-23/h3-5,8,10,15-18,21-22,25-26H,1-2,6-7,9H2/t10?,15-,16+,17?,18-/m0/s1. The molecule has 4 aliphatic rings. The van der Waals surface area contributed by atoms with Crippen LogP contribution in [0.1, 0.15) is 36.3 Å². The second-order valence-electron chi connectivity index (χ2n) is 7.94. The molecule has 2 unspecified atom stereocenters. The Morgan fingerprint density at radius 1 is 1.25 bits per heavy atom. The third-order valence-corrected chi connectivity index (χ3v) is 6.24. The van der Waals surface area contributed by atoms with E-state index < -0.39 is 18.3 Å². The number of aliphatic hydroxyl groups excluding tert-OH is 2. The number of ether oxygens (including phenoxy) is 1. The Morgan fingerprint density at radius 3 is 2.86 bits per heavy atom. The van der Waals surface area contributed by atoms with Crippen molar-refractivity contribution in [2.45, 2.75) is 56.0 Å². The Bertz CT molecular complexity index is 834. The predicted octanol–water partition coefficient (Wildman–Crippen LogP) is 0.861. The van der Waals surface area contributed by atoms with Crippen LogP contribution in [0.5, 0.6) is 0 Å². The van der Waals surface area contributed by atoms with Crippen molar-refractivity contribution in [3.05, 3.63) is 41.5 Å². The molecule has 5 atom stereocenters. The van der Waals surface area contributed by atoms with E-state index in [4.69, 9.17) is 4.74 Å². The van der Waals surface area contributed by atoms with Gasteiger partial charge in [-0.25, -0.2) is 9.18 Å². The molecule has 3 aliphatic heterocycles. The maximum atomic E-state index is 14.9. The second kappa shape index (κ2) is 6.61. The monoisotopic (exact) mass is 390 g/mol. The summed E-state index contributed by atoms with van der Waals surface area (Å²) in [6.45, 7) is 0.479. The van der Waals surface area contributed by atoms with Crippen molar-refractivity contribution in [3.8, 4) is 0 Å². The predicted molar refractivity (Wildman–Crippen MR) is 97.4 cm³/mol. The number of cyclic esters (lactones) is 1. The summed E-state index contributed by atoms with van der Waals surface area (Å²) >= 11 is 0. The number of carbonyl (C=O) groups is 1. The Kier molecular flexibility index (Phi) is 4.18. The maximum absolute atomic E-state index is 14.9. The number of halogens is 1. The molecule has 2 fully saturated rings. The highest BCUT2D eigenvalue weighted by atomic mass is 19.1. The van der Waals surface area contributed by atoms with E-state index in [1.807, 2.05) is 12.3 Å². The van der Waals surface area contributed by atoms with Crippen molar-refractivity contribution in [2.24, 2.45) is 0 Å². The summed E-state index contributed by atoms with van der Waals surface area (Å²) in [4.78, 5) is 14.0. The quantitative estimate of drug-likeness (QED) is 0.608. The molecule has 1 aliphatic carbocycles. The Labute approximate surface area is 161 Å². The van der Waals surface area contributed by atoms with Crippen LogP contribution in [0.15, 0.2) is 24.5 Å². The molecule has 1 saturated heterocycles. The fourth-order valence-corrected chi connectivity index (χ4v) is 4.78. The number of nitrogens with zero attached hydrogens (tertiary/aromatic N) is 2. The lowest BCUT2D eigenvalue weighted by Gasteiger charge is -2.30. The number of aliphatic hydroxyl groups is 2. The first-order valence-electron chi connectivity index (χ1n) is 9.64. The largest absolute Gasteiger partial charge is 0.442 e. The zero-order valence-corrected chi connectivity index (χ0v) is 15.2. The van der Waals surface area contributed by atoms with E-state index in [1.165, 1.54) is 6.07 Å². The molecule has 28 heavy (non-hydrogen) atoms. The Morgan fingerprint density at radius 2 is 2.11 bits per heavy atom. The summed E-state index contributed by atoms with van der Waals surface area (Å²) in [5, 5.41) is 21.5. The smallest absolute Gasteiger partial charge is 0.415 e. The second-order valence-corrected chi connectivity index (χ2v) is 7.94. The number of benzene rings is 1. The van der Waals surface area contributed by atoms with E-state index in [0.29, 0.717) is 43.5 Å². The van der Waals surface area contributed by atoms with Gasteiger partial charge in [0.25, 0.3) is 0 Å². The summed E-state index contributed by atoms with van der Waals surface area (Å²) in [5.74, 6) is -0.510. The van der Waals surface area contributed by atoms with Gasteiger partial charge in [-0.15, -0.1) is 5.53 Å². The molecule has 8 nitrogen and oxygen atoms in total. The van der Waals surface area contributed by atoms with Crippen LogP contribution in [0.25, 0.3) is 0 Å². The van der Waals surface area contributed by atoms with Crippen molar-refractivity contribution in [2.75, 3.05) is 11.4 Å². The van der Waals surface area contributed by atoms with Gasteiger partial charge in [0.05, 0.1) is 30.5 Å². The van der Waals surface area contributed by atoms with E-state index >= 15 is 0 Å². The zero-order chi connectivity index (χ0) is 19.4. The van der Waals surface area contributed by atoms with Gasteiger partial charge in [0.1, 0.15) is 11.9 Å². The molecule has 0 spiro atoms. The third-order valence-electron chi connectivity index (χ3n) is 6.24. The lowest BCUT2D eigenvalue weighted by Crippen LogP contribution is -2.44. The van der Waals surface area contributed by atoms with Gasteiger partial charge in [0, 0.05) is 12.4 Å². The fraction of sp³-hybridized carbons (Fsp3) is 0.526. The van der Waals surface area contributed by atoms with Gasteiger partial charge < -0.3 is 20.4 Å². The number of hydrogen-bond acceptors (Lipinski definition) is 7. The summed E-state index contributed by atoms with van der Waals surface area (Å²) < 4.78 is 20.4. The summed E-state index contributed by atoms with van der Waals surface area (Å²) in [6.07, 6.45) is 3.23. The van der Waals surface area contributed by atoms with Gasteiger partial charge in [-0.05, 0) is 48.8 Å². The number of amides is 1. The molecule has 4 N–H and O–H groups in total. The summed E-state index contributed by atoms with van der Waals surface area (Å²) in [6, 6.07) is 3.07. The lowest BCUT2D eigenvalue weighted by atomic mass is 9.80. The van der Waals surface area contributed by atoms with Crippen molar-refractivity contribution >= 4 is 11.8 Å². The first kappa shape index (κ1) is 17.7. The molecular weight excluding hydrogens is 367 g/mol. The maximum Gasteiger partial charge on any atom is 0.415 e. The molecular formula is C19H23FN4O4. The van der Waals surface area contributed by atoms with Gasteiger partial charge in [0.15, 0.2) is 0 Å². The number of carbonyl (C=O) groups excluding carboxylic acids is 1. The molecule has 0 aromatic heterocycles. The Balaban J connectivity index is 1.39. The van der Waals surface area contributed by atoms with Gasteiger partial charge in [0.2, 0.25) is 0 Å². The molecule has 150 valence electrons. The van der Waals surface area contributed by atoms with Crippen LogP contribution in [-0.4, -0.2) is 52.2 Å². The van der Waals surface area contributed by atoms with Crippen LogP contribution < -0.4 is 15.9 Å². The zero-order valence-electron chi connectivity index (χ0n) is 15.2. The number of anilines is 1. The highest BCUT2D eigenvalue weighted by molar-refractivity contribution is 5.93. The number of nitrogens with one attached hydrogen (secondary N) is 2. The molecule has 0 radical (unpaired) electrons. The first-order valence-corrected chi connectivity index (χ1v) is 9.64. The first-order chi connectivity index (χ1) is 13.5. The van der Waals surface area contributed by atoms with E-state index in [1.54, 1.807) is 16.1 Å². The third kappa shape index (κ3) is 2.81. The van der Waals surface area contributed by atoms with Crippen LogP contribution >= 0.6 is 0 Å². The molecule has 5 rings (SSSR count). The number of rotatable bonds is 3. The van der Waals surface area contributed by atoms with Crippen LogP contribution in [0.4, 0.5) is 14.9 Å². The lowest BCUT2D eigenvalue weighted by molar-refractivity contribution is -0.0152. The minimum Gasteiger partial charge on any atom is -0.442 e. The molecule has 1 aromatic carbocycles. The van der Waals surface area contributed by atoms with E-state index in [9.17, 15) is 19.4 Å².